The minimum atomic E-state index is 0.557. The largest absolute Gasteiger partial charge is 0.356 e. The molecule has 0 radical (unpaired) electrons. The molecular weight excluding hydrogens is 304 g/mol. The van der Waals surface area contributed by atoms with E-state index in [1.54, 1.807) is 19.0 Å². The van der Waals surface area contributed by atoms with Crippen molar-refractivity contribution in [3.8, 4) is 0 Å². The van der Waals surface area contributed by atoms with Crippen LogP contribution in [0.1, 0.15) is 31.9 Å². The average Bonchev–Trinajstić information content (AvgIpc) is 3.26. The molecule has 3 aromatic heterocycles. The van der Waals surface area contributed by atoms with Crippen molar-refractivity contribution < 1.29 is 0 Å². The highest BCUT2D eigenvalue weighted by molar-refractivity contribution is 5.47. The quantitative estimate of drug-likeness (QED) is 0.708. The average molecular weight is 326 g/mol. The number of fused-ring (bicyclic) bond motifs is 1. The molecule has 1 aliphatic heterocycles. The van der Waals surface area contributed by atoms with Gasteiger partial charge in [0.15, 0.2) is 0 Å². The van der Waals surface area contributed by atoms with E-state index < -0.39 is 0 Å². The first-order valence-electron chi connectivity index (χ1n) is 8.60. The van der Waals surface area contributed by atoms with Crippen LogP contribution < -0.4 is 4.90 Å². The Morgan fingerprint density at radius 3 is 3.04 bits per heavy atom. The molecule has 8 nitrogen and oxygen atoms in total. The lowest BCUT2D eigenvalue weighted by Gasteiger charge is -2.34. The Bertz CT molecular complexity index is 794. The molecule has 1 saturated heterocycles. The van der Waals surface area contributed by atoms with Crippen LogP contribution in [0.5, 0.6) is 0 Å². The molecule has 0 N–H and O–H groups in total. The van der Waals surface area contributed by atoms with Gasteiger partial charge in [-0.3, -0.25) is 4.68 Å². The molecule has 24 heavy (non-hydrogen) atoms. The topological polar surface area (TPSA) is 77.0 Å². The predicted molar refractivity (Wildman–Crippen MR) is 89.7 cm³/mol. The first kappa shape index (κ1) is 15.0. The maximum Gasteiger partial charge on any atom is 0.254 e. The summed E-state index contributed by atoms with van der Waals surface area (Å²) in [5.74, 6) is 2.35. The van der Waals surface area contributed by atoms with E-state index in [-0.39, 0.29) is 0 Å². The van der Waals surface area contributed by atoms with E-state index >= 15 is 0 Å². The summed E-state index contributed by atoms with van der Waals surface area (Å²) in [5.41, 5.74) is 1.09. The number of piperidine rings is 1. The molecule has 126 valence electrons. The fourth-order valence-electron chi connectivity index (χ4n) is 3.47. The van der Waals surface area contributed by atoms with Crippen molar-refractivity contribution in [1.82, 2.24) is 34.3 Å². The highest BCUT2D eigenvalue weighted by atomic mass is 15.4. The van der Waals surface area contributed by atoms with Crippen molar-refractivity contribution in [2.45, 2.75) is 39.2 Å². The van der Waals surface area contributed by atoms with E-state index in [0.29, 0.717) is 11.7 Å². The summed E-state index contributed by atoms with van der Waals surface area (Å²) in [6, 6.07) is 2.17. The normalized spacial score (nSPS) is 18.4. The van der Waals surface area contributed by atoms with Crippen LogP contribution in [0, 0.1) is 5.92 Å². The Morgan fingerprint density at radius 1 is 1.25 bits per heavy atom. The summed E-state index contributed by atoms with van der Waals surface area (Å²) in [6.07, 6.45) is 9.39. The van der Waals surface area contributed by atoms with Crippen LogP contribution in [0.2, 0.25) is 0 Å². The van der Waals surface area contributed by atoms with Crippen LogP contribution in [0.3, 0.4) is 0 Å². The van der Waals surface area contributed by atoms with Crippen molar-refractivity contribution in [1.29, 1.82) is 0 Å². The van der Waals surface area contributed by atoms with E-state index in [4.69, 9.17) is 0 Å². The SMILES string of the molecule is CCCc1cc(N2CCC[C@H](Cn3cncn3)C2)n2ncnc2n1. The van der Waals surface area contributed by atoms with Gasteiger partial charge in [-0.15, -0.1) is 0 Å². The molecule has 1 atom stereocenters. The summed E-state index contributed by atoms with van der Waals surface area (Å²) in [5, 5.41) is 8.61. The molecule has 4 rings (SSSR count). The van der Waals surface area contributed by atoms with Crippen molar-refractivity contribution in [2.75, 3.05) is 18.0 Å². The van der Waals surface area contributed by atoms with Crippen LogP contribution in [0.4, 0.5) is 5.82 Å². The van der Waals surface area contributed by atoms with E-state index in [2.05, 4.69) is 43.0 Å². The van der Waals surface area contributed by atoms with Gasteiger partial charge >= 0.3 is 0 Å². The number of hydrogen-bond acceptors (Lipinski definition) is 6. The third-order valence-electron chi connectivity index (χ3n) is 4.55. The molecule has 0 saturated carbocycles. The van der Waals surface area contributed by atoms with Crippen LogP contribution >= 0.6 is 0 Å². The lowest BCUT2D eigenvalue weighted by Crippen LogP contribution is -2.38. The highest BCUT2D eigenvalue weighted by Gasteiger charge is 2.23. The second kappa shape index (κ2) is 6.54. The van der Waals surface area contributed by atoms with Crippen molar-refractivity contribution in [3.05, 3.63) is 30.7 Å². The number of aromatic nitrogens is 7. The van der Waals surface area contributed by atoms with Gasteiger partial charge in [0.1, 0.15) is 24.8 Å². The minimum Gasteiger partial charge on any atom is -0.356 e. The standard InChI is InChI=1S/C16H22N8/c1-2-4-14-7-15(24-16(21-14)18-11-20-24)22-6-3-5-13(8-22)9-23-12-17-10-19-23/h7,10-13H,2-6,8-9H2,1H3/t13-/m0/s1. The number of rotatable bonds is 5. The second-order valence-electron chi connectivity index (χ2n) is 6.40. The third-order valence-corrected chi connectivity index (χ3v) is 4.55. The van der Waals surface area contributed by atoms with Gasteiger partial charge in [-0.1, -0.05) is 13.3 Å². The zero-order chi connectivity index (χ0) is 16.4. The maximum absolute atomic E-state index is 4.60. The van der Waals surface area contributed by atoms with Crippen molar-refractivity contribution in [2.24, 2.45) is 5.92 Å². The first-order chi connectivity index (χ1) is 11.8. The molecule has 8 heteroatoms. The van der Waals surface area contributed by atoms with Gasteiger partial charge in [0.2, 0.25) is 0 Å². The van der Waals surface area contributed by atoms with Crippen LogP contribution in [-0.2, 0) is 13.0 Å². The van der Waals surface area contributed by atoms with Gasteiger partial charge < -0.3 is 4.90 Å². The molecule has 0 amide bonds. The van der Waals surface area contributed by atoms with Gasteiger partial charge in [-0.05, 0) is 25.2 Å². The monoisotopic (exact) mass is 326 g/mol. The molecule has 4 heterocycles. The maximum atomic E-state index is 4.60. The second-order valence-corrected chi connectivity index (χ2v) is 6.40. The number of nitrogens with zero attached hydrogens (tertiary/aromatic N) is 8. The van der Waals surface area contributed by atoms with Crippen LogP contribution in [0.15, 0.2) is 25.0 Å². The molecule has 0 bridgehead atoms. The van der Waals surface area contributed by atoms with Crippen molar-refractivity contribution in [3.63, 3.8) is 0 Å². The Morgan fingerprint density at radius 2 is 2.21 bits per heavy atom. The highest BCUT2D eigenvalue weighted by Crippen LogP contribution is 2.25. The van der Waals surface area contributed by atoms with E-state index in [1.165, 1.54) is 12.8 Å². The molecule has 3 aromatic rings. The van der Waals surface area contributed by atoms with Gasteiger partial charge in [-0.2, -0.15) is 19.7 Å². The van der Waals surface area contributed by atoms with Gasteiger partial charge in [-0.25, -0.2) is 9.97 Å². The first-order valence-corrected chi connectivity index (χ1v) is 8.60. The Kier molecular flexibility index (Phi) is 4.10. The fraction of sp³-hybridized carbons (Fsp3) is 0.562. The van der Waals surface area contributed by atoms with Gasteiger partial charge in [0.25, 0.3) is 5.78 Å². The van der Waals surface area contributed by atoms with Crippen LogP contribution in [0.25, 0.3) is 5.78 Å². The number of anilines is 1. The molecular formula is C16H22N8. The molecule has 1 aliphatic rings. The summed E-state index contributed by atoms with van der Waals surface area (Å²) in [4.78, 5) is 15.3. The van der Waals surface area contributed by atoms with E-state index in [0.717, 1.165) is 44.0 Å². The predicted octanol–water partition coefficient (Wildman–Crippen LogP) is 1.58. The van der Waals surface area contributed by atoms with Crippen LogP contribution in [-0.4, -0.2) is 47.4 Å². The van der Waals surface area contributed by atoms with E-state index in [9.17, 15) is 0 Å². The molecule has 1 fully saturated rings. The zero-order valence-corrected chi connectivity index (χ0v) is 13.9. The van der Waals surface area contributed by atoms with Gasteiger partial charge in [0, 0.05) is 31.4 Å². The van der Waals surface area contributed by atoms with E-state index in [1.807, 2.05) is 9.20 Å². The smallest absolute Gasteiger partial charge is 0.254 e. The summed E-state index contributed by atoms with van der Waals surface area (Å²) < 4.78 is 3.78. The lowest BCUT2D eigenvalue weighted by molar-refractivity contribution is 0.349. The number of aryl methyl sites for hydroxylation is 1. The zero-order valence-electron chi connectivity index (χ0n) is 13.9. The molecule has 0 spiro atoms. The summed E-state index contributed by atoms with van der Waals surface area (Å²) in [7, 11) is 0. The van der Waals surface area contributed by atoms with Crippen molar-refractivity contribution >= 4 is 11.6 Å². The minimum absolute atomic E-state index is 0.557. The summed E-state index contributed by atoms with van der Waals surface area (Å²) >= 11 is 0. The summed E-state index contributed by atoms with van der Waals surface area (Å²) in [6.45, 7) is 5.11. The Labute approximate surface area is 140 Å². The molecule has 0 unspecified atom stereocenters. The lowest BCUT2D eigenvalue weighted by atomic mass is 9.98. The molecule has 0 aromatic carbocycles. The fourth-order valence-corrected chi connectivity index (χ4v) is 3.47. The van der Waals surface area contributed by atoms with Gasteiger partial charge in [0.05, 0.1) is 0 Å². The Balaban J connectivity index is 1.60. The molecule has 0 aliphatic carbocycles. The third kappa shape index (κ3) is 2.95. The Hall–Kier alpha value is -2.51. The number of hydrogen-bond donors (Lipinski definition) is 0.